The van der Waals surface area contributed by atoms with Crippen molar-refractivity contribution >= 4 is 53.1 Å². The standard InChI is InChI=1S/C16H28N4O2S.2ClH/c1-10(2)13(17)6-7-20(5)14(21)8-12-9-23-16(18-12)19-15(22)11(3)4;;/h9-11,13H,6-8,17H2,1-5H3,(H,18,19,22);2*1H. The second-order valence-electron chi connectivity index (χ2n) is 6.48. The molecule has 1 unspecified atom stereocenters. The zero-order valence-electron chi connectivity index (χ0n) is 15.4. The molecule has 25 heavy (non-hydrogen) atoms. The summed E-state index contributed by atoms with van der Waals surface area (Å²) in [5, 5.41) is 5.09. The molecule has 0 aliphatic rings. The Labute approximate surface area is 166 Å². The van der Waals surface area contributed by atoms with Gasteiger partial charge in [-0.1, -0.05) is 27.7 Å². The Kier molecular flexibility index (Phi) is 13.1. The minimum absolute atomic E-state index is 0. The van der Waals surface area contributed by atoms with Crippen molar-refractivity contribution < 1.29 is 9.59 Å². The number of nitrogens with two attached hydrogens (primary N) is 1. The first kappa shape index (κ1) is 26.3. The van der Waals surface area contributed by atoms with Crippen LogP contribution in [-0.2, 0) is 16.0 Å². The number of amides is 2. The van der Waals surface area contributed by atoms with Crippen molar-refractivity contribution in [3.8, 4) is 0 Å². The molecule has 1 aromatic heterocycles. The fourth-order valence-electron chi connectivity index (χ4n) is 1.79. The number of carbonyl (C=O) groups is 2. The summed E-state index contributed by atoms with van der Waals surface area (Å²) in [5.41, 5.74) is 6.68. The molecule has 0 bridgehead atoms. The van der Waals surface area contributed by atoms with Gasteiger partial charge in [0.25, 0.3) is 0 Å². The highest BCUT2D eigenvalue weighted by atomic mass is 35.5. The summed E-state index contributed by atoms with van der Waals surface area (Å²) in [6.07, 6.45) is 1.02. The Hall–Kier alpha value is -0.890. The lowest BCUT2D eigenvalue weighted by Gasteiger charge is -2.21. The Morgan fingerprint density at radius 3 is 2.40 bits per heavy atom. The highest BCUT2D eigenvalue weighted by molar-refractivity contribution is 7.13. The van der Waals surface area contributed by atoms with E-state index >= 15 is 0 Å². The molecule has 0 saturated heterocycles. The van der Waals surface area contributed by atoms with Gasteiger partial charge >= 0.3 is 0 Å². The third-order valence-corrected chi connectivity index (χ3v) is 4.53. The van der Waals surface area contributed by atoms with Crippen molar-refractivity contribution in [1.29, 1.82) is 0 Å². The summed E-state index contributed by atoms with van der Waals surface area (Å²) in [5.74, 6) is 0.245. The smallest absolute Gasteiger partial charge is 0.228 e. The van der Waals surface area contributed by atoms with Crippen LogP contribution in [0.3, 0.4) is 0 Å². The van der Waals surface area contributed by atoms with E-state index in [2.05, 4.69) is 24.1 Å². The van der Waals surface area contributed by atoms with Gasteiger partial charge < -0.3 is 16.0 Å². The maximum absolute atomic E-state index is 12.2. The van der Waals surface area contributed by atoms with Gasteiger partial charge in [0.05, 0.1) is 12.1 Å². The molecule has 0 aliphatic carbocycles. The van der Waals surface area contributed by atoms with Gasteiger partial charge in [0, 0.05) is 30.9 Å². The number of nitrogens with one attached hydrogen (secondary N) is 1. The van der Waals surface area contributed by atoms with Crippen LogP contribution in [-0.4, -0.2) is 41.3 Å². The zero-order chi connectivity index (χ0) is 17.6. The molecular formula is C16H30Cl2N4O2S. The van der Waals surface area contributed by atoms with Gasteiger partial charge in [-0.2, -0.15) is 0 Å². The van der Waals surface area contributed by atoms with E-state index in [-0.39, 0.29) is 55.0 Å². The highest BCUT2D eigenvalue weighted by Crippen LogP contribution is 2.17. The molecule has 1 rings (SSSR count). The molecule has 3 N–H and O–H groups in total. The fourth-order valence-corrected chi connectivity index (χ4v) is 2.50. The number of halogens is 2. The van der Waals surface area contributed by atoms with Crippen LogP contribution in [0.5, 0.6) is 0 Å². The lowest BCUT2D eigenvalue weighted by atomic mass is 10.0. The van der Waals surface area contributed by atoms with Gasteiger partial charge in [-0.05, 0) is 12.3 Å². The van der Waals surface area contributed by atoms with E-state index in [0.717, 1.165) is 6.42 Å². The molecule has 0 aromatic carbocycles. The number of nitrogens with zero attached hydrogens (tertiary/aromatic N) is 2. The normalized spacial score (nSPS) is 11.5. The lowest BCUT2D eigenvalue weighted by molar-refractivity contribution is -0.129. The second kappa shape index (κ2) is 12.5. The van der Waals surface area contributed by atoms with Crippen molar-refractivity contribution in [2.75, 3.05) is 18.9 Å². The van der Waals surface area contributed by atoms with Gasteiger partial charge in [0.2, 0.25) is 11.8 Å². The van der Waals surface area contributed by atoms with Crippen molar-refractivity contribution in [3.63, 3.8) is 0 Å². The van der Waals surface area contributed by atoms with Gasteiger partial charge in [0.1, 0.15) is 0 Å². The first-order chi connectivity index (χ1) is 10.7. The molecular weight excluding hydrogens is 383 g/mol. The first-order valence-electron chi connectivity index (χ1n) is 7.95. The SMILES string of the molecule is CC(C)C(=O)Nc1nc(CC(=O)N(C)CCC(N)C(C)C)cs1.Cl.Cl. The van der Waals surface area contributed by atoms with Gasteiger partial charge in [-0.15, -0.1) is 36.2 Å². The number of aromatic nitrogens is 1. The van der Waals surface area contributed by atoms with Crippen molar-refractivity contribution in [1.82, 2.24) is 9.88 Å². The molecule has 1 aromatic rings. The van der Waals surface area contributed by atoms with Crippen LogP contribution < -0.4 is 11.1 Å². The number of thiazole rings is 1. The predicted molar refractivity (Wildman–Crippen MR) is 109 cm³/mol. The van der Waals surface area contributed by atoms with Crippen molar-refractivity contribution in [3.05, 3.63) is 11.1 Å². The van der Waals surface area contributed by atoms with E-state index in [4.69, 9.17) is 5.73 Å². The number of hydrogen-bond donors (Lipinski definition) is 2. The van der Waals surface area contributed by atoms with E-state index in [1.54, 1.807) is 11.9 Å². The van der Waals surface area contributed by atoms with Crippen LogP contribution in [0.4, 0.5) is 5.13 Å². The van der Waals surface area contributed by atoms with Crippen LogP contribution in [0.1, 0.15) is 39.8 Å². The largest absolute Gasteiger partial charge is 0.345 e. The van der Waals surface area contributed by atoms with Crippen molar-refractivity contribution in [2.24, 2.45) is 17.6 Å². The van der Waals surface area contributed by atoms with Crippen molar-refractivity contribution in [2.45, 2.75) is 46.6 Å². The minimum Gasteiger partial charge on any atom is -0.345 e. The zero-order valence-corrected chi connectivity index (χ0v) is 17.9. The third-order valence-electron chi connectivity index (χ3n) is 3.72. The number of carbonyl (C=O) groups excluding carboxylic acids is 2. The maximum Gasteiger partial charge on any atom is 0.228 e. The number of anilines is 1. The molecule has 0 spiro atoms. The van der Waals surface area contributed by atoms with Gasteiger partial charge in [-0.3, -0.25) is 9.59 Å². The first-order valence-corrected chi connectivity index (χ1v) is 8.83. The van der Waals surface area contributed by atoms with Crippen LogP contribution in [0.15, 0.2) is 5.38 Å². The Morgan fingerprint density at radius 2 is 1.88 bits per heavy atom. The second-order valence-corrected chi connectivity index (χ2v) is 7.33. The topological polar surface area (TPSA) is 88.3 Å². The third kappa shape index (κ3) is 9.39. The highest BCUT2D eigenvalue weighted by Gasteiger charge is 2.15. The summed E-state index contributed by atoms with van der Waals surface area (Å²) in [7, 11) is 1.78. The molecule has 1 atom stereocenters. The fraction of sp³-hybridized carbons (Fsp3) is 0.688. The Bertz CT molecular complexity index is 538. The summed E-state index contributed by atoms with van der Waals surface area (Å²) >= 11 is 1.34. The summed E-state index contributed by atoms with van der Waals surface area (Å²) in [6, 6.07) is 0.0994. The monoisotopic (exact) mass is 412 g/mol. The summed E-state index contributed by atoms with van der Waals surface area (Å²) < 4.78 is 0. The van der Waals surface area contributed by atoms with Crippen LogP contribution in [0.25, 0.3) is 0 Å². The number of hydrogen-bond acceptors (Lipinski definition) is 5. The molecule has 0 aliphatic heterocycles. The lowest BCUT2D eigenvalue weighted by Crippen LogP contribution is -2.35. The molecule has 6 nitrogen and oxygen atoms in total. The van der Waals surface area contributed by atoms with E-state index < -0.39 is 0 Å². The van der Waals surface area contributed by atoms with E-state index in [1.807, 2.05) is 19.2 Å². The summed E-state index contributed by atoms with van der Waals surface area (Å²) in [6.45, 7) is 8.44. The molecule has 0 fully saturated rings. The quantitative estimate of drug-likeness (QED) is 0.686. The van der Waals surface area contributed by atoms with Crippen LogP contribution >= 0.6 is 36.2 Å². The molecule has 0 saturated carbocycles. The van der Waals surface area contributed by atoms with E-state index in [0.29, 0.717) is 23.3 Å². The summed E-state index contributed by atoms with van der Waals surface area (Å²) in [4.78, 5) is 29.8. The average Bonchev–Trinajstić information content (AvgIpc) is 2.90. The van der Waals surface area contributed by atoms with Gasteiger partial charge in [0.15, 0.2) is 5.13 Å². The molecule has 146 valence electrons. The van der Waals surface area contributed by atoms with Gasteiger partial charge in [-0.25, -0.2) is 4.98 Å². The molecule has 1 heterocycles. The van der Waals surface area contributed by atoms with E-state index in [1.165, 1.54) is 11.3 Å². The average molecular weight is 413 g/mol. The Morgan fingerprint density at radius 1 is 1.28 bits per heavy atom. The van der Waals surface area contributed by atoms with Crippen LogP contribution in [0, 0.1) is 11.8 Å². The number of rotatable bonds is 8. The number of likely N-dealkylation sites (N-methyl/N-ethyl adjacent to an activating group) is 1. The minimum atomic E-state index is -0.0970. The predicted octanol–water partition coefficient (Wildman–Crippen LogP) is 2.96. The maximum atomic E-state index is 12.2. The van der Waals surface area contributed by atoms with E-state index in [9.17, 15) is 9.59 Å². The molecule has 9 heteroatoms. The molecule has 0 radical (unpaired) electrons. The van der Waals surface area contributed by atoms with Crippen LogP contribution in [0.2, 0.25) is 0 Å². The Balaban J connectivity index is 0. The molecule has 2 amide bonds.